The van der Waals surface area contributed by atoms with E-state index in [0.29, 0.717) is 78.5 Å². The van der Waals surface area contributed by atoms with E-state index in [0.717, 1.165) is 89.9 Å². The first kappa shape index (κ1) is 37.5. The van der Waals surface area contributed by atoms with Crippen molar-refractivity contribution >= 4 is 24.2 Å². The van der Waals surface area contributed by atoms with Crippen LogP contribution in [0.1, 0.15) is 89.9 Å². The van der Waals surface area contributed by atoms with E-state index in [1.807, 2.05) is 0 Å². The molecule has 1 aliphatic carbocycles. The third-order valence-corrected chi connectivity index (χ3v) is 9.10. The molecule has 0 aromatic rings. The van der Waals surface area contributed by atoms with Crippen LogP contribution in [0.2, 0.25) is 0 Å². The summed E-state index contributed by atoms with van der Waals surface area (Å²) in [6.45, 7) is 6.52. The minimum absolute atomic E-state index is 0.0763. The number of carbonyl (C=O) groups is 4. The van der Waals surface area contributed by atoms with Gasteiger partial charge < -0.3 is 51.2 Å². The molecule has 6 N–H and O–H groups in total. The van der Waals surface area contributed by atoms with Gasteiger partial charge in [-0.2, -0.15) is 0 Å². The number of unbranched alkanes of at least 4 members (excludes halogenated alkanes) is 6. The first-order valence-electron chi connectivity index (χ1n) is 17.8. The van der Waals surface area contributed by atoms with Crippen molar-refractivity contribution in [2.75, 3.05) is 78.5 Å². The number of amides is 6. The number of nitrogens with two attached hydrogens (primary N) is 2. The van der Waals surface area contributed by atoms with E-state index in [1.54, 1.807) is 19.6 Å². The lowest BCUT2D eigenvalue weighted by Gasteiger charge is -2.36. The van der Waals surface area contributed by atoms with Gasteiger partial charge in [-0.15, -0.1) is 0 Å². The van der Waals surface area contributed by atoms with Crippen molar-refractivity contribution in [1.82, 2.24) is 30.2 Å². The molecule has 0 aromatic carbocycles. The number of hydrogen-bond acceptors (Lipinski definition) is 8. The highest BCUT2D eigenvalue weighted by molar-refractivity contribution is 5.75. The zero-order chi connectivity index (χ0) is 33.0. The standard InChI is InChI=1S/C32H60N8O6/c33-15-5-1-3-7-17-35-29(41)37-19-23-39(24-20-37)31(43)45-27-11-9-13-28(14-10-12-27)46-32(44)40-25-21-38(22-26-40)30(42)36-18-8-4-2-6-16-34/h27-28H,1-26,33-34H2,(H,35,41)(H,36,42)/t27-,28+. The number of rotatable bonds is 14. The highest BCUT2D eigenvalue weighted by Gasteiger charge is 2.30. The fourth-order valence-corrected chi connectivity index (χ4v) is 6.15. The van der Waals surface area contributed by atoms with Crippen molar-refractivity contribution in [3.63, 3.8) is 0 Å². The van der Waals surface area contributed by atoms with Crippen molar-refractivity contribution in [3.8, 4) is 0 Å². The summed E-state index contributed by atoms with van der Waals surface area (Å²) in [5, 5.41) is 5.94. The number of carbonyl (C=O) groups excluding carboxylic acids is 4. The normalized spacial score (nSPS) is 20.8. The first-order valence-corrected chi connectivity index (χ1v) is 17.8. The van der Waals surface area contributed by atoms with Crippen LogP contribution in [0.3, 0.4) is 0 Å². The predicted molar refractivity (Wildman–Crippen MR) is 176 cm³/mol. The molecule has 0 bridgehead atoms. The fourth-order valence-electron chi connectivity index (χ4n) is 6.15. The number of hydrogen-bond donors (Lipinski definition) is 4. The molecule has 0 unspecified atom stereocenters. The largest absolute Gasteiger partial charge is 0.446 e. The lowest BCUT2D eigenvalue weighted by atomic mass is 9.96. The van der Waals surface area contributed by atoms with Crippen LogP contribution in [-0.4, -0.2) is 135 Å². The molecule has 3 fully saturated rings. The molecule has 1 saturated carbocycles. The lowest BCUT2D eigenvalue weighted by molar-refractivity contribution is 0.0197. The molecule has 2 aliphatic heterocycles. The molecular weight excluding hydrogens is 592 g/mol. The Morgan fingerprint density at radius 2 is 0.826 bits per heavy atom. The summed E-state index contributed by atoms with van der Waals surface area (Å²) in [7, 11) is 0. The van der Waals surface area contributed by atoms with Crippen molar-refractivity contribution in [2.24, 2.45) is 11.5 Å². The molecule has 0 atom stereocenters. The van der Waals surface area contributed by atoms with E-state index < -0.39 is 0 Å². The number of urea groups is 2. The van der Waals surface area contributed by atoms with Gasteiger partial charge >= 0.3 is 24.2 Å². The first-order chi connectivity index (χ1) is 22.4. The van der Waals surface area contributed by atoms with Gasteiger partial charge in [0, 0.05) is 65.4 Å². The predicted octanol–water partition coefficient (Wildman–Crippen LogP) is 3.04. The van der Waals surface area contributed by atoms with Crippen molar-refractivity contribution in [1.29, 1.82) is 0 Å². The quantitative estimate of drug-likeness (QED) is 0.207. The minimum atomic E-state index is -0.316. The zero-order valence-corrected chi connectivity index (χ0v) is 27.9. The van der Waals surface area contributed by atoms with Gasteiger partial charge in [0.05, 0.1) is 0 Å². The van der Waals surface area contributed by atoms with Crippen molar-refractivity contribution in [3.05, 3.63) is 0 Å². The summed E-state index contributed by atoms with van der Waals surface area (Å²) in [5.74, 6) is 0. The lowest BCUT2D eigenvalue weighted by Crippen LogP contribution is -2.53. The van der Waals surface area contributed by atoms with Crippen molar-refractivity contribution in [2.45, 2.75) is 102 Å². The smallest absolute Gasteiger partial charge is 0.410 e. The van der Waals surface area contributed by atoms with Gasteiger partial charge in [-0.05, 0) is 77.3 Å². The van der Waals surface area contributed by atoms with Crippen LogP contribution in [0.25, 0.3) is 0 Å². The third-order valence-electron chi connectivity index (χ3n) is 9.10. The fraction of sp³-hybridized carbons (Fsp3) is 0.875. The second-order valence-electron chi connectivity index (χ2n) is 12.7. The van der Waals surface area contributed by atoms with E-state index in [9.17, 15) is 19.2 Å². The molecule has 2 heterocycles. The molecule has 3 rings (SSSR count). The van der Waals surface area contributed by atoms with Crippen LogP contribution in [0.15, 0.2) is 0 Å². The monoisotopic (exact) mass is 652 g/mol. The van der Waals surface area contributed by atoms with Gasteiger partial charge in [-0.1, -0.05) is 25.7 Å². The van der Waals surface area contributed by atoms with Crippen LogP contribution >= 0.6 is 0 Å². The molecule has 2 saturated heterocycles. The Hall–Kier alpha value is -3.00. The summed E-state index contributed by atoms with van der Waals surface area (Å²) in [6.07, 6.45) is 11.8. The summed E-state index contributed by atoms with van der Waals surface area (Å²) >= 11 is 0. The topological polar surface area (TPSA) is 176 Å². The summed E-state index contributed by atoms with van der Waals surface area (Å²) in [6, 6.07) is -0.153. The molecule has 6 amide bonds. The van der Waals surface area contributed by atoms with Gasteiger partial charge in [-0.25, -0.2) is 19.2 Å². The molecule has 3 aliphatic rings. The van der Waals surface area contributed by atoms with Crippen LogP contribution in [0.5, 0.6) is 0 Å². The van der Waals surface area contributed by atoms with Crippen LogP contribution in [0, 0.1) is 0 Å². The molecule has 14 nitrogen and oxygen atoms in total. The van der Waals surface area contributed by atoms with Crippen LogP contribution in [-0.2, 0) is 9.47 Å². The highest BCUT2D eigenvalue weighted by atomic mass is 16.6. The Bertz CT molecular complexity index is 831. The molecule has 264 valence electrons. The van der Waals surface area contributed by atoms with Gasteiger partial charge in [0.1, 0.15) is 12.2 Å². The second kappa shape index (κ2) is 21.7. The van der Waals surface area contributed by atoms with Gasteiger partial charge in [-0.3, -0.25) is 0 Å². The number of nitrogens with zero attached hydrogens (tertiary/aromatic N) is 4. The Kier molecular flexibility index (Phi) is 17.7. The maximum atomic E-state index is 12.9. The van der Waals surface area contributed by atoms with Gasteiger partial charge in [0.25, 0.3) is 0 Å². The molecular formula is C32H60N8O6. The second-order valence-corrected chi connectivity index (χ2v) is 12.7. The summed E-state index contributed by atoms with van der Waals surface area (Å²) < 4.78 is 11.7. The molecule has 0 radical (unpaired) electrons. The molecule has 0 spiro atoms. The average Bonchev–Trinajstić information content (AvgIpc) is 3.06. The van der Waals surface area contributed by atoms with E-state index in [2.05, 4.69) is 10.6 Å². The van der Waals surface area contributed by atoms with Crippen molar-refractivity contribution < 1.29 is 28.7 Å². The van der Waals surface area contributed by atoms with E-state index in [-0.39, 0.29) is 36.5 Å². The summed E-state index contributed by atoms with van der Waals surface area (Å²) in [4.78, 5) is 57.5. The van der Waals surface area contributed by atoms with Crippen LogP contribution < -0.4 is 22.1 Å². The minimum Gasteiger partial charge on any atom is -0.446 e. The van der Waals surface area contributed by atoms with E-state index in [1.165, 1.54) is 0 Å². The zero-order valence-electron chi connectivity index (χ0n) is 27.9. The molecule has 0 aromatic heterocycles. The average molecular weight is 653 g/mol. The number of ether oxygens (including phenoxy) is 2. The maximum absolute atomic E-state index is 12.9. The number of piperazine rings is 2. The Balaban J connectivity index is 1.25. The molecule has 46 heavy (non-hydrogen) atoms. The van der Waals surface area contributed by atoms with E-state index >= 15 is 0 Å². The van der Waals surface area contributed by atoms with Gasteiger partial charge in [0.2, 0.25) is 0 Å². The number of nitrogens with one attached hydrogen (secondary N) is 2. The maximum Gasteiger partial charge on any atom is 0.410 e. The Labute approximate surface area is 275 Å². The van der Waals surface area contributed by atoms with E-state index in [4.69, 9.17) is 20.9 Å². The Morgan fingerprint density at radius 3 is 1.17 bits per heavy atom. The van der Waals surface area contributed by atoms with Gasteiger partial charge in [0.15, 0.2) is 0 Å². The van der Waals surface area contributed by atoms with Crippen LogP contribution in [0.4, 0.5) is 19.2 Å². The Morgan fingerprint density at radius 1 is 0.500 bits per heavy atom. The summed E-state index contributed by atoms with van der Waals surface area (Å²) in [5.41, 5.74) is 11.0. The SMILES string of the molecule is NCCCCCCNC(=O)N1CCN(C(=O)O[C@H]2CCC[C@@H](OC(=O)N3CCN(C(=O)NCCCCCCN)CC3)CCC2)CC1. The highest BCUT2D eigenvalue weighted by Crippen LogP contribution is 2.23. The molecule has 14 heteroatoms. The third kappa shape index (κ3) is 13.8.